The van der Waals surface area contributed by atoms with Gasteiger partial charge < -0.3 is 9.64 Å². The third-order valence-corrected chi connectivity index (χ3v) is 5.46. The number of carbonyl (C=O) groups is 1. The summed E-state index contributed by atoms with van der Waals surface area (Å²) in [6, 6.07) is 7.45. The first-order valence-electron chi connectivity index (χ1n) is 9.83. The molecular weight excluding hydrogens is 409 g/mol. The number of benzene rings is 1. The van der Waals surface area contributed by atoms with E-state index in [9.17, 15) is 18.0 Å². The van der Waals surface area contributed by atoms with Gasteiger partial charge in [0.25, 0.3) is 0 Å². The van der Waals surface area contributed by atoms with Gasteiger partial charge in [0.1, 0.15) is 6.07 Å². The van der Waals surface area contributed by atoms with Gasteiger partial charge >= 0.3 is 12.3 Å². The van der Waals surface area contributed by atoms with Gasteiger partial charge in [0, 0.05) is 44.5 Å². The second kappa shape index (κ2) is 8.94. The van der Waals surface area contributed by atoms with Crippen molar-refractivity contribution in [3.63, 3.8) is 0 Å². The highest BCUT2D eigenvalue weighted by atomic mass is 19.4. The van der Waals surface area contributed by atoms with E-state index in [4.69, 9.17) is 10.00 Å². The van der Waals surface area contributed by atoms with Gasteiger partial charge in [-0.15, -0.1) is 0 Å². The van der Waals surface area contributed by atoms with Crippen molar-refractivity contribution in [3.8, 4) is 11.8 Å². The minimum atomic E-state index is -4.38. The van der Waals surface area contributed by atoms with Crippen molar-refractivity contribution < 1.29 is 22.7 Å². The Kier molecular flexibility index (Phi) is 6.51. The molecule has 0 N–H and O–H groups in total. The molecule has 6 nitrogen and oxygen atoms in total. The molecule has 1 amide bonds. The molecule has 2 aromatic rings. The van der Waals surface area contributed by atoms with Crippen LogP contribution in [0.4, 0.5) is 18.0 Å². The van der Waals surface area contributed by atoms with Gasteiger partial charge in [0.05, 0.1) is 16.8 Å². The normalized spacial score (nSPS) is 17.3. The lowest BCUT2D eigenvalue weighted by Gasteiger charge is -2.39. The van der Waals surface area contributed by atoms with Crippen LogP contribution in [0.25, 0.3) is 0 Å². The van der Waals surface area contributed by atoms with Gasteiger partial charge in [-0.2, -0.15) is 18.4 Å². The quantitative estimate of drug-likeness (QED) is 0.724. The van der Waals surface area contributed by atoms with Crippen molar-refractivity contribution in [3.05, 3.63) is 58.4 Å². The lowest BCUT2D eigenvalue weighted by molar-refractivity contribution is -0.138. The molecule has 0 aliphatic carbocycles. The monoisotopic (exact) mass is 432 g/mol. The minimum Gasteiger partial charge on any atom is -0.408 e. The first kappa shape index (κ1) is 22.6. The summed E-state index contributed by atoms with van der Waals surface area (Å²) in [5.41, 5.74) is 1.02. The van der Waals surface area contributed by atoms with Crippen LogP contribution in [0.15, 0.2) is 30.5 Å². The summed E-state index contributed by atoms with van der Waals surface area (Å²) in [6.07, 6.45) is -3.52. The lowest BCUT2D eigenvalue weighted by atomic mass is 10.0. The Balaban J connectivity index is 1.65. The van der Waals surface area contributed by atoms with Gasteiger partial charge in [0.2, 0.25) is 0 Å². The van der Waals surface area contributed by atoms with Crippen LogP contribution in [0.5, 0.6) is 5.75 Å². The molecule has 0 radical (unpaired) electrons. The molecule has 1 aliphatic heterocycles. The predicted molar refractivity (Wildman–Crippen MR) is 107 cm³/mol. The molecule has 0 bridgehead atoms. The van der Waals surface area contributed by atoms with Crippen molar-refractivity contribution >= 4 is 6.09 Å². The number of hydrogen-bond donors (Lipinski definition) is 0. The standard InChI is InChI=1S/C22H23F3N4O2/c1-14-12-28(13-18-5-4-6-19(15(18)2)22(23,24)25)7-8-29(14)21(30)31-20-9-17(10-26)11-27-16(20)3/h4-6,9,11,14H,7-8,12-13H2,1-3H3. The summed E-state index contributed by atoms with van der Waals surface area (Å²) >= 11 is 0. The largest absolute Gasteiger partial charge is 0.416 e. The SMILES string of the molecule is Cc1ncc(C#N)cc1OC(=O)N1CCN(Cc2cccc(C(F)(F)F)c2C)CC1C. The molecule has 3 rings (SSSR count). The molecule has 0 saturated carbocycles. The van der Waals surface area contributed by atoms with E-state index in [1.54, 1.807) is 17.9 Å². The Hall–Kier alpha value is -3.12. The number of alkyl halides is 3. The molecule has 9 heteroatoms. The number of aryl methyl sites for hydroxylation is 1. The van der Waals surface area contributed by atoms with E-state index in [0.29, 0.717) is 43.0 Å². The maximum Gasteiger partial charge on any atom is 0.416 e. The molecule has 1 saturated heterocycles. The van der Waals surface area contributed by atoms with Crippen LogP contribution >= 0.6 is 0 Å². The third kappa shape index (κ3) is 5.14. The number of hydrogen-bond acceptors (Lipinski definition) is 5. The lowest BCUT2D eigenvalue weighted by Crippen LogP contribution is -2.54. The topological polar surface area (TPSA) is 69.5 Å². The number of ether oxygens (including phenoxy) is 1. The fourth-order valence-electron chi connectivity index (χ4n) is 3.68. The van der Waals surface area contributed by atoms with Gasteiger partial charge in [-0.05, 0) is 38.0 Å². The molecule has 0 spiro atoms. The number of halogens is 3. The number of nitriles is 1. The summed E-state index contributed by atoms with van der Waals surface area (Å²) in [7, 11) is 0. The molecule has 1 unspecified atom stereocenters. The molecule has 1 atom stereocenters. The average molecular weight is 432 g/mol. The summed E-state index contributed by atoms with van der Waals surface area (Å²) in [6.45, 7) is 6.79. The fourth-order valence-corrected chi connectivity index (χ4v) is 3.68. The number of amides is 1. The zero-order valence-electron chi connectivity index (χ0n) is 17.5. The Morgan fingerprint density at radius 1 is 1.32 bits per heavy atom. The number of rotatable bonds is 3. The van der Waals surface area contributed by atoms with Crippen molar-refractivity contribution in [2.45, 2.75) is 39.5 Å². The summed E-state index contributed by atoms with van der Waals surface area (Å²) in [5.74, 6) is 0.235. The van der Waals surface area contributed by atoms with Gasteiger partial charge in [-0.1, -0.05) is 12.1 Å². The zero-order valence-corrected chi connectivity index (χ0v) is 17.5. The van der Waals surface area contributed by atoms with Crippen LogP contribution in [0.1, 0.15) is 34.9 Å². The van der Waals surface area contributed by atoms with Crippen molar-refractivity contribution in [2.75, 3.05) is 19.6 Å². The first-order chi connectivity index (χ1) is 14.6. The molecule has 2 heterocycles. The van der Waals surface area contributed by atoms with Crippen LogP contribution in [-0.2, 0) is 12.7 Å². The number of piperazine rings is 1. The molecule has 1 fully saturated rings. The Bertz CT molecular complexity index is 1020. The van der Waals surface area contributed by atoms with E-state index in [2.05, 4.69) is 4.98 Å². The summed E-state index contributed by atoms with van der Waals surface area (Å²) in [4.78, 5) is 20.3. The van der Waals surface area contributed by atoms with E-state index >= 15 is 0 Å². The highest BCUT2D eigenvalue weighted by Gasteiger charge is 2.34. The van der Waals surface area contributed by atoms with E-state index in [-0.39, 0.29) is 17.4 Å². The second-order valence-corrected chi connectivity index (χ2v) is 7.65. The van der Waals surface area contributed by atoms with Crippen LogP contribution in [0, 0.1) is 25.2 Å². The Morgan fingerprint density at radius 2 is 2.06 bits per heavy atom. The highest BCUT2D eigenvalue weighted by Crippen LogP contribution is 2.33. The molecule has 31 heavy (non-hydrogen) atoms. The van der Waals surface area contributed by atoms with Crippen molar-refractivity contribution in [2.24, 2.45) is 0 Å². The van der Waals surface area contributed by atoms with Gasteiger partial charge in [-0.3, -0.25) is 9.88 Å². The van der Waals surface area contributed by atoms with E-state index in [0.717, 1.165) is 6.07 Å². The smallest absolute Gasteiger partial charge is 0.408 e. The van der Waals surface area contributed by atoms with E-state index in [1.165, 1.54) is 25.3 Å². The number of aromatic nitrogens is 1. The number of carbonyl (C=O) groups excluding carboxylic acids is 1. The Morgan fingerprint density at radius 3 is 2.71 bits per heavy atom. The Labute approximate surface area is 178 Å². The van der Waals surface area contributed by atoms with Gasteiger partial charge in [-0.25, -0.2) is 4.79 Å². The molecular formula is C22H23F3N4O2. The van der Waals surface area contributed by atoms with Crippen molar-refractivity contribution in [1.82, 2.24) is 14.8 Å². The van der Waals surface area contributed by atoms with Crippen LogP contribution in [0.2, 0.25) is 0 Å². The van der Waals surface area contributed by atoms with E-state index < -0.39 is 17.8 Å². The molecule has 164 valence electrons. The van der Waals surface area contributed by atoms with Crippen LogP contribution < -0.4 is 4.74 Å². The van der Waals surface area contributed by atoms with Gasteiger partial charge in [0.15, 0.2) is 5.75 Å². The predicted octanol–water partition coefficient (Wildman–Crippen LogP) is 4.29. The molecule has 1 aromatic heterocycles. The average Bonchev–Trinajstić information content (AvgIpc) is 2.70. The first-order valence-corrected chi connectivity index (χ1v) is 9.83. The number of pyridine rings is 1. The molecule has 1 aliphatic rings. The second-order valence-electron chi connectivity index (χ2n) is 7.65. The summed E-state index contributed by atoms with van der Waals surface area (Å²) < 4.78 is 45.0. The maximum absolute atomic E-state index is 13.2. The van der Waals surface area contributed by atoms with Crippen molar-refractivity contribution in [1.29, 1.82) is 5.26 Å². The van der Waals surface area contributed by atoms with E-state index in [1.807, 2.05) is 17.9 Å². The maximum atomic E-state index is 13.2. The van der Waals surface area contributed by atoms with Crippen LogP contribution in [0.3, 0.4) is 0 Å². The minimum absolute atomic E-state index is 0.195. The fraction of sp³-hybridized carbons (Fsp3) is 0.409. The zero-order chi connectivity index (χ0) is 22.8. The number of nitrogens with zero attached hydrogens (tertiary/aromatic N) is 4. The molecule has 1 aromatic carbocycles. The summed E-state index contributed by atoms with van der Waals surface area (Å²) in [5, 5.41) is 9.00. The third-order valence-electron chi connectivity index (χ3n) is 5.46. The van der Waals surface area contributed by atoms with Crippen LogP contribution in [-0.4, -0.2) is 46.6 Å². The highest BCUT2D eigenvalue weighted by molar-refractivity contribution is 5.71.